The molecule has 0 N–H and O–H groups in total. The van der Waals surface area contributed by atoms with Crippen molar-refractivity contribution in [1.29, 1.82) is 0 Å². The summed E-state index contributed by atoms with van der Waals surface area (Å²) in [5, 5.41) is 0. The number of carbonyl (C=O) groups is 1. The molecule has 82 valence electrons. The number of carbonyl (C=O) groups excluding carboxylic acids is 1. The molecular weight excluding hydrogens is 204 g/mol. The number of Topliss-reactive ketones (excluding diaryl/α,β-unsaturated/α-hetero) is 1. The van der Waals surface area contributed by atoms with Gasteiger partial charge >= 0.3 is 0 Å². The summed E-state index contributed by atoms with van der Waals surface area (Å²) in [5.74, 6) is 1.44. The van der Waals surface area contributed by atoms with E-state index >= 15 is 0 Å². The highest BCUT2D eigenvalue weighted by Gasteiger charge is 2.06. The second-order valence-electron chi connectivity index (χ2n) is 4.15. The average Bonchev–Trinajstić information content (AvgIpc) is 2.17. The van der Waals surface area contributed by atoms with Crippen molar-refractivity contribution in [3.63, 3.8) is 0 Å². The molecular formula is C13H18OS. The molecule has 1 aromatic carbocycles. The van der Waals surface area contributed by atoms with Crippen molar-refractivity contribution in [3.8, 4) is 0 Å². The van der Waals surface area contributed by atoms with E-state index in [0.717, 1.165) is 12.0 Å². The zero-order chi connectivity index (χ0) is 11.3. The third-order valence-corrected chi connectivity index (χ3v) is 2.72. The molecule has 0 radical (unpaired) electrons. The summed E-state index contributed by atoms with van der Waals surface area (Å²) in [6, 6.07) is 8.00. The third-order valence-electron chi connectivity index (χ3n) is 2.17. The zero-order valence-electron chi connectivity index (χ0n) is 9.62. The van der Waals surface area contributed by atoms with Crippen molar-refractivity contribution in [3.05, 3.63) is 35.4 Å². The molecule has 0 aliphatic heterocycles. The number of benzene rings is 1. The van der Waals surface area contributed by atoms with E-state index in [2.05, 4.69) is 19.9 Å². The first kappa shape index (κ1) is 12.3. The van der Waals surface area contributed by atoms with Crippen molar-refractivity contribution >= 4 is 17.5 Å². The highest BCUT2D eigenvalue weighted by molar-refractivity contribution is 7.99. The van der Waals surface area contributed by atoms with Gasteiger partial charge in [-0.3, -0.25) is 4.79 Å². The molecule has 0 amide bonds. The first-order valence-electron chi connectivity index (χ1n) is 5.24. The van der Waals surface area contributed by atoms with Crippen LogP contribution in [0, 0.1) is 5.92 Å². The normalized spacial score (nSPS) is 10.7. The Morgan fingerprint density at radius 1 is 1.40 bits per heavy atom. The minimum absolute atomic E-state index is 0.230. The van der Waals surface area contributed by atoms with Crippen molar-refractivity contribution in [2.75, 3.05) is 12.0 Å². The van der Waals surface area contributed by atoms with Crippen LogP contribution in [0.3, 0.4) is 0 Å². The summed E-state index contributed by atoms with van der Waals surface area (Å²) >= 11 is 1.57. The van der Waals surface area contributed by atoms with Gasteiger partial charge in [-0.05, 0) is 30.2 Å². The van der Waals surface area contributed by atoms with Crippen LogP contribution in [-0.4, -0.2) is 17.8 Å². The van der Waals surface area contributed by atoms with E-state index in [1.165, 1.54) is 5.56 Å². The largest absolute Gasteiger partial charge is 0.293 e. The lowest BCUT2D eigenvalue weighted by atomic mass is 10.00. The molecule has 0 aromatic heterocycles. The van der Waals surface area contributed by atoms with E-state index < -0.39 is 0 Å². The number of thioether (sulfide) groups is 1. The van der Waals surface area contributed by atoms with Gasteiger partial charge in [0.1, 0.15) is 0 Å². The summed E-state index contributed by atoms with van der Waals surface area (Å²) in [6.07, 6.45) is 3.00. The Bertz CT molecular complexity index is 331. The van der Waals surface area contributed by atoms with Crippen LogP contribution in [0.25, 0.3) is 0 Å². The van der Waals surface area contributed by atoms with Gasteiger partial charge in [0.2, 0.25) is 0 Å². The van der Waals surface area contributed by atoms with Crippen molar-refractivity contribution in [1.82, 2.24) is 0 Å². The Labute approximate surface area is 96.3 Å². The molecule has 0 atom stereocenters. The van der Waals surface area contributed by atoms with Crippen LogP contribution in [0.5, 0.6) is 0 Å². The van der Waals surface area contributed by atoms with Gasteiger partial charge in [-0.2, -0.15) is 11.8 Å². The quantitative estimate of drug-likeness (QED) is 0.710. The second kappa shape index (κ2) is 5.96. The summed E-state index contributed by atoms with van der Waals surface area (Å²) in [7, 11) is 0. The van der Waals surface area contributed by atoms with Crippen LogP contribution < -0.4 is 0 Å². The summed E-state index contributed by atoms with van der Waals surface area (Å²) in [4.78, 5) is 11.7. The molecule has 0 bridgehead atoms. The standard InChI is InChI=1S/C13H18OS/c1-10(2)7-11-5-4-6-12(8-11)13(14)9-15-3/h4-6,8,10H,7,9H2,1-3H3. The van der Waals surface area contributed by atoms with Crippen molar-refractivity contribution in [2.24, 2.45) is 5.92 Å². The van der Waals surface area contributed by atoms with Gasteiger partial charge in [-0.15, -0.1) is 0 Å². The Morgan fingerprint density at radius 3 is 2.73 bits per heavy atom. The molecule has 0 fully saturated rings. The smallest absolute Gasteiger partial charge is 0.172 e. The van der Waals surface area contributed by atoms with Crippen LogP contribution in [0.4, 0.5) is 0 Å². The number of ketones is 1. The Kier molecular flexibility index (Phi) is 4.89. The molecule has 1 aromatic rings. The molecule has 0 saturated carbocycles. The van der Waals surface area contributed by atoms with Gasteiger partial charge in [0.05, 0.1) is 5.75 Å². The molecule has 2 heteroatoms. The lowest BCUT2D eigenvalue weighted by Crippen LogP contribution is -2.03. The predicted octanol–water partition coefficient (Wildman–Crippen LogP) is 3.43. The van der Waals surface area contributed by atoms with E-state index in [0.29, 0.717) is 11.7 Å². The number of hydrogen-bond donors (Lipinski definition) is 0. The molecule has 0 saturated heterocycles. The van der Waals surface area contributed by atoms with Gasteiger partial charge in [0, 0.05) is 5.56 Å². The monoisotopic (exact) mass is 222 g/mol. The third kappa shape index (κ3) is 4.08. The molecule has 0 spiro atoms. The van der Waals surface area contributed by atoms with E-state index in [-0.39, 0.29) is 5.78 Å². The van der Waals surface area contributed by atoms with Crippen molar-refractivity contribution < 1.29 is 4.79 Å². The molecule has 0 heterocycles. The zero-order valence-corrected chi connectivity index (χ0v) is 10.4. The van der Waals surface area contributed by atoms with Gasteiger partial charge in [-0.1, -0.05) is 32.0 Å². The van der Waals surface area contributed by atoms with Crippen LogP contribution in [0.2, 0.25) is 0 Å². The highest BCUT2D eigenvalue weighted by Crippen LogP contribution is 2.12. The fourth-order valence-corrected chi connectivity index (χ4v) is 1.99. The van der Waals surface area contributed by atoms with Gasteiger partial charge in [0.25, 0.3) is 0 Å². The lowest BCUT2D eigenvalue weighted by Gasteiger charge is -2.06. The second-order valence-corrected chi connectivity index (χ2v) is 5.02. The maximum Gasteiger partial charge on any atom is 0.172 e. The molecule has 0 unspecified atom stereocenters. The summed E-state index contributed by atoms with van der Waals surface area (Å²) in [5.41, 5.74) is 2.11. The van der Waals surface area contributed by atoms with Crippen LogP contribution in [-0.2, 0) is 6.42 Å². The summed E-state index contributed by atoms with van der Waals surface area (Å²) in [6.45, 7) is 4.38. The highest BCUT2D eigenvalue weighted by atomic mass is 32.2. The fourth-order valence-electron chi connectivity index (χ4n) is 1.56. The van der Waals surface area contributed by atoms with Gasteiger partial charge in [-0.25, -0.2) is 0 Å². The summed E-state index contributed by atoms with van der Waals surface area (Å²) < 4.78 is 0. The molecule has 1 rings (SSSR count). The minimum Gasteiger partial charge on any atom is -0.293 e. The maximum absolute atomic E-state index is 11.7. The van der Waals surface area contributed by atoms with Gasteiger partial charge < -0.3 is 0 Å². The topological polar surface area (TPSA) is 17.1 Å². The number of hydrogen-bond acceptors (Lipinski definition) is 2. The van der Waals surface area contributed by atoms with Crippen molar-refractivity contribution in [2.45, 2.75) is 20.3 Å². The molecule has 0 aliphatic rings. The van der Waals surface area contributed by atoms with E-state index in [1.54, 1.807) is 11.8 Å². The molecule has 1 nitrogen and oxygen atoms in total. The van der Waals surface area contributed by atoms with E-state index in [1.807, 2.05) is 24.5 Å². The Hall–Kier alpha value is -0.760. The van der Waals surface area contributed by atoms with E-state index in [4.69, 9.17) is 0 Å². The van der Waals surface area contributed by atoms with Crippen LogP contribution >= 0.6 is 11.8 Å². The van der Waals surface area contributed by atoms with E-state index in [9.17, 15) is 4.79 Å². The molecule has 15 heavy (non-hydrogen) atoms. The van der Waals surface area contributed by atoms with Crippen LogP contribution in [0.1, 0.15) is 29.8 Å². The fraction of sp³-hybridized carbons (Fsp3) is 0.462. The molecule has 0 aliphatic carbocycles. The average molecular weight is 222 g/mol. The number of rotatable bonds is 5. The first-order chi connectivity index (χ1) is 7.13. The SMILES string of the molecule is CSCC(=O)c1cccc(CC(C)C)c1. The lowest BCUT2D eigenvalue weighted by molar-refractivity contribution is 0.102. The Morgan fingerprint density at radius 2 is 2.13 bits per heavy atom. The first-order valence-corrected chi connectivity index (χ1v) is 6.64. The minimum atomic E-state index is 0.230. The van der Waals surface area contributed by atoms with Gasteiger partial charge in [0.15, 0.2) is 5.78 Å². The van der Waals surface area contributed by atoms with Crippen LogP contribution in [0.15, 0.2) is 24.3 Å². The predicted molar refractivity (Wildman–Crippen MR) is 67.7 cm³/mol. The maximum atomic E-state index is 11.7. The Balaban J connectivity index is 2.78.